The fourth-order valence-electron chi connectivity index (χ4n) is 0.893. The fraction of sp³-hybridized carbons (Fsp3) is 1.00. The highest BCUT2D eigenvalue weighted by molar-refractivity contribution is 4.65. The third kappa shape index (κ3) is 9.63. The molecular weight excluding hydrogens is 181 g/mol. The van der Waals surface area contributed by atoms with Crippen molar-refractivity contribution >= 4 is 0 Å². The van der Waals surface area contributed by atoms with E-state index >= 15 is 0 Å². The summed E-state index contributed by atoms with van der Waals surface area (Å²) >= 11 is 0. The number of nitrogens with one attached hydrogen (secondary N) is 2. The van der Waals surface area contributed by atoms with Crippen LogP contribution in [0.15, 0.2) is 0 Å². The molecule has 80 valence electrons. The molecule has 0 bridgehead atoms. The summed E-state index contributed by atoms with van der Waals surface area (Å²) in [7, 11) is 0. The minimum atomic E-state index is -4.11. The average molecular weight is 198 g/mol. The van der Waals surface area contributed by atoms with E-state index in [1.165, 1.54) is 0 Å². The summed E-state index contributed by atoms with van der Waals surface area (Å²) in [4.78, 5) is 0. The molecule has 0 rings (SSSR count). The zero-order valence-corrected chi connectivity index (χ0v) is 8.04. The van der Waals surface area contributed by atoms with Crippen LogP contribution in [0.1, 0.15) is 20.3 Å². The van der Waals surface area contributed by atoms with E-state index in [1.54, 1.807) is 0 Å². The summed E-state index contributed by atoms with van der Waals surface area (Å²) in [5.41, 5.74) is 0. The van der Waals surface area contributed by atoms with Crippen LogP contribution in [-0.4, -0.2) is 31.9 Å². The van der Waals surface area contributed by atoms with E-state index in [1.807, 2.05) is 13.8 Å². The van der Waals surface area contributed by atoms with Crippen molar-refractivity contribution in [3.05, 3.63) is 0 Å². The lowest BCUT2D eigenvalue weighted by Crippen LogP contribution is -2.40. The molecule has 0 fully saturated rings. The molecule has 0 aliphatic rings. The van der Waals surface area contributed by atoms with E-state index in [4.69, 9.17) is 0 Å². The molecule has 0 aliphatic heterocycles. The normalized spacial score (nSPS) is 14.5. The maximum absolute atomic E-state index is 11.7. The van der Waals surface area contributed by atoms with Crippen molar-refractivity contribution in [2.75, 3.05) is 19.6 Å². The van der Waals surface area contributed by atoms with Gasteiger partial charge in [-0.15, -0.1) is 0 Å². The van der Waals surface area contributed by atoms with Crippen molar-refractivity contribution in [2.24, 2.45) is 0 Å². The van der Waals surface area contributed by atoms with Crippen molar-refractivity contribution in [1.29, 1.82) is 0 Å². The Balaban J connectivity index is 3.31. The highest BCUT2D eigenvalue weighted by Gasteiger charge is 2.26. The highest BCUT2D eigenvalue weighted by Crippen LogP contribution is 2.11. The molecule has 13 heavy (non-hydrogen) atoms. The van der Waals surface area contributed by atoms with Gasteiger partial charge in [-0.05, 0) is 19.9 Å². The molecule has 0 spiro atoms. The van der Waals surface area contributed by atoms with Crippen molar-refractivity contribution in [3.8, 4) is 0 Å². The average Bonchev–Trinajstić information content (AvgIpc) is 1.98. The van der Waals surface area contributed by atoms with Gasteiger partial charge in [0.1, 0.15) is 0 Å². The van der Waals surface area contributed by atoms with Gasteiger partial charge in [-0.25, -0.2) is 0 Å². The molecule has 0 saturated carbocycles. The third-order valence-corrected chi connectivity index (χ3v) is 1.52. The molecule has 1 atom stereocenters. The van der Waals surface area contributed by atoms with E-state index in [2.05, 4.69) is 10.6 Å². The van der Waals surface area contributed by atoms with Gasteiger partial charge in [-0.2, -0.15) is 13.2 Å². The number of halogens is 3. The Bertz CT molecular complexity index is 125. The van der Waals surface area contributed by atoms with E-state index in [0.717, 1.165) is 13.0 Å². The quantitative estimate of drug-likeness (QED) is 0.676. The summed E-state index contributed by atoms with van der Waals surface area (Å²) < 4.78 is 35.0. The van der Waals surface area contributed by atoms with Crippen molar-refractivity contribution in [3.63, 3.8) is 0 Å². The second-order valence-electron chi connectivity index (χ2n) is 3.10. The van der Waals surface area contributed by atoms with Crippen LogP contribution in [0.5, 0.6) is 0 Å². The summed E-state index contributed by atoms with van der Waals surface area (Å²) in [5, 5.41) is 5.44. The fourth-order valence-corrected chi connectivity index (χ4v) is 0.893. The standard InChI is InChI=1S/C8H17F3N2/c1-3-4-13-7(2)5-12-6-8(9,10)11/h7,12-13H,3-6H2,1-2H3. The lowest BCUT2D eigenvalue weighted by molar-refractivity contribution is -0.124. The smallest absolute Gasteiger partial charge is 0.313 e. The maximum atomic E-state index is 11.7. The van der Waals surface area contributed by atoms with Crippen LogP contribution in [0.2, 0.25) is 0 Å². The van der Waals surface area contributed by atoms with E-state index in [9.17, 15) is 13.2 Å². The van der Waals surface area contributed by atoms with E-state index in [-0.39, 0.29) is 6.04 Å². The summed E-state index contributed by atoms with van der Waals surface area (Å²) in [5.74, 6) is 0. The molecule has 0 amide bonds. The Labute approximate surface area is 76.9 Å². The minimum Gasteiger partial charge on any atom is -0.313 e. The van der Waals surface area contributed by atoms with Crippen molar-refractivity contribution < 1.29 is 13.2 Å². The largest absolute Gasteiger partial charge is 0.401 e. The summed E-state index contributed by atoms with van der Waals surface area (Å²) in [6.45, 7) is 4.15. The van der Waals surface area contributed by atoms with Crippen LogP contribution < -0.4 is 10.6 Å². The Morgan fingerprint density at radius 2 is 1.92 bits per heavy atom. The van der Waals surface area contributed by atoms with Gasteiger partial charge in [0.15, 0.2) is 0 Å². The highest BCUT2D eigenvalue weighted by atomic mass is 19.4. The molecule has 0 aromatic heterocycles. The van der Waals surface area contributed by atoms with Gasteiger partial charge >= 0.3 is 6.18 Å². The van der Waals surface area contributed by atoms with Crippen LogP contribution >= 0.6 is 0 Å². The zero-order chi connectivity index (χ0) is 10.3. The molecule has 5 heteroatoms. The molecule has 0 aromatic carbocycles. The molecule has 0 radical (unpaired) electrons. The monoisotopic (exact) mass is 198 g/mol. The first kappa shape index (κ1) is 12.7. The van der Waals surface area contributed by atoms with E-state index in [0.29, 0.717) is 6.54 Å². The molecule has 2 nitrogen and oxygen atoms in total. The first-order chi connectivity index (χ1) is 5.95. The first-order valence-corrected chi connectivity index (χ1v) is 4.46. The van der Waals surface area contributed by atoms with Gasteiger partial charge in [0, 0.05) is 12.6 Å². The topological polar surface area (TPSA) is 24.1 Å². The maximum Gasteiger partial charge on any atom is 0.401 e. The number of hydrogen-bond acceptors (Lipinski definition) is 2. The molecule has 1 unspecified atom stereocenters. The van der Waals surface area contributed by atoms with Crippen LogP contribution in [0, 0.1) is 0 Å². The Morgan fingerprint density at radius 1 is 1.31 bits per heavy atom. The summed E-state index contributed by atoms with van der Waals surface area (Å²) in [6, 6.07) is 0.0855. The van der Waals surface area contributed by atoms with Crippen LogP contribution in [0.3, 0.4) is 0 Å². The SMILES string of the molecule is CCCNC(C)CNCC(F)(F)F. The van der Waals surface area contributed by atoms with Gasteiger partial charge in [-0.1, -0.05) is 6.92 Å². The Kier molecular flexibility index (Phi) is 6.07. The van der Waals surface area contributed by atoms with Gasteiger partial charge < -0.3 is 10.6 Å². The molecule has 0 aliphatic carbocycles. The summed E-state index contributed by atoms with van der Waals surface area (Å²) in [6.07, 6.45) is -3.12. The third-order valence-electron chi connectivity index (χ3n) is 1.52. The van der Waals surface area contributed by atoms with Gasteiger partial charge in [0.25, 0.3) is 0 Å². The number of rotatable bonds is 6. The Morgan fingerprint density at radius 3 is 2.38 bits per heavy atom. The predicted molar refractivity (Wildman–Crippen MR) is 46.7 cm³/mol. The molecule has 0 aromatic rings. The number of hydrogen-bond donors (Lipinski definition) is 2. The lowest BCUT2D eigenvalue weighted by atomic mass is 10.3. The van der Waals surface area contributed by atoms with Crippen molar-refractivity contribution in [1.82, 2.24) is 10.6 Å². The molecule has 0 saturated heterocycles. The zero-order valence-electron chi connectivity index (χ0n) is 8.04. The minimum absolute atomic E-state index is 0.0855. The van der Waals surface area contributed by atoms with Crippen LogP contribution in [-0.2, 0) is 0 Å². The van der Waals surface area contributed by atoms with Crippen LogP contribution in [0.25, 0.3) is 0 Å². The lowest BCUT2D eigenvalue weighted by Gasteiger charge is -2.14. The second-order valence-corrected chi connectivity index (χ2v) is 3.10. The van der Waals surface area contributed by atoms with Crippen LogP contribution in [0.4, 0.5) is 13.2 Å². The van der Waals surface area contributed by atoms with Gasteiger partial charge in [-0.3, -0.25) is 0 Å². The van der Waals surface area contributed by atoms with Crippen molar-refractivity contribution in [2.45, 2.75) is 32.5 Å². The van der Waals surface area contributed by atoms with Gasteiger partial charge in [0.2, 0.25) is 0 Å². The van der Waals surface area contributed by atoms with E-state index < -0.39 is 12.7 Å². The predicted octanol–water partition coefficient (Wildman–Crippen LogP) is 1.53. The molecule has 0 heterocycles. The van der Waals surface area contributed by atoms with Gasteiger partial charge in [0.05, 0.1) is 6.54 Å². The number of alkyl halides is 3. The molecular formula is C8H17F3N2. The second kappa shape index (κ2) is 6.21. The molecule has 2 N–H and O–H groups in total. The first-order valence-electron chi connectivity index (χ1n) is 4.46. The Hall–Kier alpha value is -0.290.